The number of amides is 1. The highest BCUT2D eigenvalue weighted by Crippen LogP contribution is 2.29. The second kappa shape index (κ2) is 7.71. The number of carbonyl (C=O) groups is 1. The van der Waals surface area contributed by atoms with Gasteiger partial charge in [0.25, 0.3) is 5.91 Å². The maximum absolute atomic E-state index is 11.7. The number of methoxy groups -OCH3 is 1. The molecule has 1 aromatic heterocycles. The number of terminal acetylenes is 1. The lowest BCUT2D eigenvalue weighted by molar-refractivity contribution is 0.0958. The fraction of sp³-hybridized carbons (Fsp3) is 0.176. The van der Waals surface area contributed by atoms with Crippen LogP contribution in [0.15, 0.2) is 36.5 Å². The summed E-state index contributed by atoms with van der Waals surface area (Å²) >= 11 is 0. The molecule has 0 saturated heterocycles. The second-order valence-corrected chi connectivity index (χ2v) is 4.64. The Morgan fingerprint density at radius 1 is 1.39 bits per heavy atom. The quantitative estimate of drug-likeness (QED) is 0.708. The minimum absolute atomic E-state index is 0.0905. The van der Waals surface area contributed by atoms with Crippen molar-refractivity contribution in [2.75, 3.05) is 19.0 Å². The number of phenols is 1. The number of nitrogens with one attached hydrogen (secondary N) is 2. The summed E-state index contributed by atoms with van der Waals surface area (Å²) in [6, 6.07) is 8.59. The molecule has 1 heterocycles. The van der Waals surface area contributed by atoms with Crippen LogP contribution in [-0.4, -0.2) is 29.7 Å². The van der Waals surface area contributed by atoms with E-state index < -0.39 is 0 Å². The fourth-order valence-electron chi connectivity index (χ4n) is 1.93. The summed E-state index contributed by atoms with van der Waals surface area (Å²) in [5.74, 6) is 3.15. The number of pyridine rings is 1. The average molecular weight is 311 g/mol. The molecule has 118 valence electrons. The lowest BCUT2D eigenvalue weighted by Gasteiger charge is -2.10. The number of carbonyl (C=O) groups excluding carboxylic acids is 1. The van der Waals surface area contributed by atoms with E-state index in [2.05, 4.69) is 21.5 Å². The van der Waals surface area contributed by atoms with Gasteiger partial charge in [-0.1, -0.05) is 18.1 Å². The molecule has 0 aliphatic rings. The van der Waals surface area contributed by atoms with Gasteiger partial charge >= 0.3 is 0 Å². The van der Waals surface area contributed by atoms with Crippen LogP contribution in [0.25, 0.3) is 0 Å². The molecule has 0 atom stereocenters. The smallest absolute Gasteiger partial charge is 0.253 e. The van der Waals surface area contributed by atoms with Crippen molar-refractivity contribution in [2.45, 2.75) is 6.54 Å². The highest BCUT2D eigenvalue weighted by molar-refractivity contribution is 5.94. The first-order valence-corrected chi connectivity index (χ1v) is 6.92. The van der Waals surface area contributed by atoms with Crippen molar-refractivity contribution in [3.8, 4) is 23.8 Å². The van der Waals surface area contributed by atoms with Crippen molar-refractivity contribution in [1.29, 1.82) is 0 Å². The number of aromatic nitrogens is 1. The Morgan fingerprint density at radius 3 is 2.87 bits per heavy atom. The van der Waals surface area contributed by atoms with Crippen LogP contribution in [0.5, 0.6) is 11.5 Å². The molecule has 0 bridgehead atoms. The standard InChI is InChI=1S/C17H17N3O3/c1-3-9-18-17(22)13-7-8-15(20-11-13)19-10-12-5-4-6-14(23-2)16(12)21/h1,4-8,11,21H,9-10H2,2H3,(H,18,22)(H,19,20). The Labute approximate surface area is 134 Å². The first kappa shape index (κ1) is 16.2. The maximum Gasteiger partial charge on any atom is 0.253 e. The number of phenolic OH excluding ortho intramolecular Hbond substituents is 1. The molecule has 0 aliphatic carbocycles. The van der Waals surface area contributed by atoms with Gasteiger partial charge in [-0.15, -0.1) is 6.42 Å². The van der Waals surface area contributed by atoms with Crippen LogP contribution < -0.4 is 15.4 Å². The predicted octanol–water partition coefficient (Wildman–Crippen LogP) is 1.77. The summed E-state index contributed by atoms with van der Waals surface area (Å²) in [7, 11) is 1.50. The molecule has 0 spiro atoms. The highest BCUT2D eigenvalue weighted by Gasteiger charge is 2.08. The van der Waals surface area contributed by atoms with Crippen LogP contribution in [0.1, 0.15) is 15.9 Å². The number of ether oxygens (including phenoxy) is 1. The number of hydrogen-bond donors (Lipinski definition) is 3. The molecule has 1 amide bonds. The van der Waals surface area contributed by atoms with E-state index in [0.29, 0.717) is 29.2 Å². The number of anilines is 1. The lowest BCUT2D eigenvalue weighted by Crippen LogP contribution is -2.23. The third-order valence-corrected chi connectivity index (χ3v) is 3.14. The minimum Gasteiger partial charge on any atom is -0.504 e. The molecule has 6 nitrogen and oxygen atoms in total. The monoisotopic (exact) mass is 311 g/mol. The lowest BCUT2D eigenvalue weighted by atomic mass is 10.2. The van der Waals surface area contributed by atoms with E-state index in [-0.39, 0.29) is 18.2 Å². The molecule has 6 heteroatoms. The minimum atomic E-state index is -0.271. The Kier molecular flexibility index (Phi) is 5.42. The van der Waals surface area contributed by atoms with Crippen molar-refractivity contribution in [1.82, 2.24) is 10.3 Å². The molecule has 0 saturated carbocycles. The SMILES string of the molecule is C#CCNC(=O)c1ccc(NCc2cccc(OC)c2O)nc1. The van der Waals surface area contributed by atoms with Crippen LogP contribution in [0.2, 0.25) is 0 Å². The predicted molar refractivity (Wildman–Crippen MR) is 87.4 cm³/mol. The Balaban J connectivity index is 1.99. The maximum atomic E-state index is 11.7. The van der Waals surface area contributed by atoms with Crippen LogP contribution in [0, 0.1) is 12.3 Å². The topological polar surface area (TPSA) is 83.5 Å². The van der Waals surface area contributed by atoms with Crippen LogP contribution >= 0.6 is 0 Å². The van der Waals surface area contributed by atoms with E-state index in [4.69, 9.17) is 11.2 Å². The molecular formula is C17H17N3O3. The van der Waals surface area contributed by atoms with Crippen molar-refractivity contribution in [2.24, 2.45) is 0 Å². The zero-order chi connectivity index (χ0) is 16.7. The zero-order valence-corrected chi connectivity index (χ0v) is 12.7. The summed E-state index contributed by atoms with van der Waals surface area (Å²) in [6.07, 6.45) is 6.54. The van der Waals surface area contributed by atoms with Crippen LogP contribution in [0.4, 0.5) is 5.82 Å². The molecule has 0 fully saturated rings. The van der Waals surface area contributed by atoms with Crippen molar-refractivity contribution in [3.05, 3.63) is 47.7 Å². The summed E-state index contributed by atoms with van der Waals surface area (Å²) in [6.45, 7) is 0.548. The van der Waals surface area contributed by atoms with Gasteiger partial charge in [-0.2, -0.15) is 0 Å². The number of nitrogens with zero attached hydrogens (tertiary/aromatic N) is 1. The van der Waals surface area contributed by atoms with Gasteiger partial charge in [-0.05, 0) is 18.2 Å². The number of aromatic hydroxyl groups is 1. The number of rotatable bonds is 6. The number of hydrogen-bond acceptors (Lipinski definition) is 5. The largest absolute Gasteiger partial charge is 0.504 e. The Morgan fingerprint density at radius 2 is 2.22 bits per heavy atom. The van der Waals surface area contributed by atoms with Gasteiger partial charge in [0.05, 0.1) is 19.2 Å². The summed E-state index contributed by atoms with van der Waals surface area (Å²) in [5, 5.41) is 15.6. The summed E-state index contributed by atoms with van der Waals surface area (Å²) < 4.78 is 5.06. The Hall–Kier alpha value is -3.20. The van der Waals surface area contributed by atoms with Gasteiger partial charge < -0.3 is 20.5 Å². The van der Waals surface area contributed by atoms with Crippen molar-refractivity contribution in [3.63, 3.8) is 0 Å². The van der Waals surface area contributed by atoms with Crippen molar-refractivity contribution < 1.29 is 14.6 Å². The molecule has 2 aromatic rings. The third-order valence-electron chi connectivity index (χ3n) is 3.14. The Bertz CT molecular complexity index is 721. The van der Waals surface area contributed by atoms with Gasteiger partial charge in [0, 0.05) is 18.3 Å². The molecule has 0 unspecified atom stereocenters. The van der Waals surface area contributed by atoms with E-state index in [1.807, 2.05) is 0 Å². The molecule has 3 N–H and O–H groups in total. The number of benzene rings is 1. The average Bonchev–Trinajstić information content (AvgIpc) is 2.59. The van der Waals surface area contributed by atoms with E-state index in [9.17, 15) is 9.90 Å². The van der Waals surface area contributed by atoms with E-state index in [1.165, 1.54) is 13.3 Å². The third kappa shape index (κ3) is 4.14. The van der Waals surface area contributed by atoms with Gasteiger partial charge in [0.2, 0.25) is 0 Å². The molecule has 2 rings (SSSR count). The molecular weight excluding hydrogens is 294 g/mol. The van der Waals surface area contributed by atoms with E-state index >= 15 is 0 Å². The van der Waals surface area contributed by atoms with Gasteiger partial charge in [-0.3, -0.25) is 4.79 Å². The first-order chi connectivity index (χ1) is 11.2. The van der Waals surface area contributed by atoms with Gasteiger partial charge in [0.1, 0.15) is 5.82 Å². The second-order valence-electron chi connectivity index (χ2n) is 4.64. The van der Waals surface area contributed by atoms with Crippen LogP contribution in [-0.2, 0) is 6.54 Å². The molecule has 0 radical (unpaired) electrons. The normalized spacial score (nSPS) is 9.74. The number of para-hydroxylation sites is 1. The van der Waals surface area contributed by atoms with Gasteiger partial charge in [0.15, 0.2) is 11.5 Å². The first-order valence-electron chi connectivity index (χ1n) is 6.92. The molecule has 23 heavy (non-hydrogen) atoms. The summed E-state index contributed by atoms with van der Waals surface area (Å²) in [4.78, 5) is 15.9. The van der Waals surface area contributed by atoms with Crippen LogP contribution in [0.3, 0.4) is 0 Å². The van der Waals surface area contributed by atoms with Gasteiger partial charge in [-0.25, -0.2) is 4.98 Å². The molecule has 0 aliphatic heterocycles. The van der Waals surface area contributed by atoms with E-state index in [0.717, 1.165) is 0 Å². The fourth-order valence-corrected chi connectivity index (χ4v) is 1.93. The van der Waals surface area contributed by atoms with Crippen molar-refractivity contribution >= 4 is 11.7 Å². The van der Waals surface area contributed by atoms with E-state index in [1.54, 1.807) is 30.3 Å². The highest BCUT2D eigenvalue weighted by atomic mass is 16.5. The zero-order valence-electron chi connectivity index (χ0n) is 12.7. The summed E-state index contributed by atoms with van der Waals surface area (Å²) in [5.41, 5.74) is 1.11. The molecule has 1 aromatic carbocycles.